The highest BCUT2D eigenvalue weighted by Gasteiger charge is 2.21. The third-order valence-electron chi connectivity index (χ3n) is 6.11. The minimum absolute atomic E-state index is 0.160. The van der Waals surface area contributed by atoms with Gasteiger partial charge in [-0.25, -0.2) is 0 Å². The number of aliphatic hydroxyl groups excluding tert-OH is 1. The topological polar surface area (TPSA) is 192 Å². The van der Waals surface area contributed by atoms with Crippen LogP contribution in [0.25, 0.3) is 0 Å². The highest BCUT2D eigenvalue weighted by Crippen LogP contribution is 2.06. The number of benzene rings is 1. The second kappa shape index (κ2) is 16.9. The van der Waals surface area contributed by atoms with Crippen LogP contribution in [0.5, 0.6) is 0 Å². The van der Waals surface area contributed by atoms with Gasteiger partial charge in [0.2, 0.25) is 0 Å². The van der Waals surface area contributed by atoms with Crippen LogP contribution in [0.15, 0.2) is 24.3 Å². The smallest absolute Gasteiger partial charge is 0.317 e. The molecule has 1 unspecified atom stereocenters. The van der Waals surface area contributed by atoms with Gasteiger partial charge in [0.1, 0.15) is 0 Å². The maximum absolute atomic E-state index is 11.4. The summed E-state index contributed by atoms with van der Waals surface area (Å²) in [7, 11) is 0. The zero-order valence-corrected chi connectivity index (χ0v) is 21.6. The SMILES string of the molecule is Nc1ccc(CONCC(O)CN2CCN(CC(=O)O)CCN(CC(=O)O)CCN(CC(=O)O)CC2)cc1. The van der Waals surface area contributed by atoms with Crippen molar-refractivity contribution in [3.8, 4) is 0 Å². The average Bonchev–Trinajstić information content (AvgIpc) is 2.83. The number of hydroxylamine groups is 1. The summed E-state index contributed by atoms with van der Waals surface area (Å²) in [6, 6.07) is 7.23. The highest BCUT2D eigenvalue weighted by molar-refractivity contribution is 5.69. The summed E-state index contributed by atoms with van der Waals surface area (Å²) in [4.78, 5) is 46.6. The first kappa shape index (κ1) is 31.4. The van der Waals surface area contributed by atoms with E-state index in [1.807, 2.05) is 17.0 Å². The molecule has 0 saturated carbocycles. The molecule has 1 heterocycles. The number of nitrogens with one attached hydrogen (secondary N) is 1. The molecule has 1 aromatic rings. The van der Waals surface area contributed by atoms with Crippen LogP contribution in [-0.4, -0.2) is 149 Å². The van der Waals surface area contributed by atoms with E-state index in [0.29, 0.717) is 64.7 Å². The Labute approximate surface area is 222 Å². The van der Waals surface area contributed by atoms with Crippen molar-refractivity contribution in [1.29, 1.82) is 0 Å². The summed E-state index contributed by atoms with van der Waals surface area (Å²) in [5.41, 5.74) is 10.0. The quantitative estimate of drug-likeness (QED) is 0.0925. The molecule has 1 atom stereocenters. The normalized spacial score (nSPS) is 18.3. The summed E-state index contributed by atoms with van der Waals surface area (Å²) < 4.78 is 0. The number of aliphatic carboxylic acids is 3. The number of hydrogen-bond donors (Lipinski definition) is 6. The number of nitrogens with two attached hydrogens (primary N) is 1. The Bertz CT molecular complexity index is 842. The number of carboxylic acids is 3. The van der Waals surface area contributed by atoms with Gasteiger partial charge >= 0.3 is 17.9 Å². The molecule has 7 N–H and O–H groups in total. The number of carbonyl (C=O) groups is 3. The summed E-state index contributed by atoms with van der Waals surface area (Å²) in [5, 5.41) is 38.5. The number of nitrogen functional groups attached to an aromatic ring is 1. The molecule has 2 rings (SSSR count). The fraction of sp³-hybridized carbons (Fsp3) is 0.625. The molecule has 0 bridgehead atoms. The Morgan fingerprint density at radius 2 is 1.16 bits per heavy atom. The van der Waals surface area contributed by atoms with Crippen LogP contribution >= 0.6 is 0 Å². The Hall–Kier alpha value is -2.85. The first-order valence-corrected chi connectivity index (χ1v) is 12.5. The van der Waals surface area contributed by atoms with Gasteiger partial charge in [0.05, 0.1) is 32.3 Å². The van der Waals surface area contributed by atoms with Crippen LogP contribution in [0.3, 0.4) is 0 Å². The first-order chi connectivity index (χ1) is 18.1. The number of rotatable bonds is 13. The Morgan fingerprint density at radius 3 is 1.55 bits per heavy atom. The van der Waals surface area contributed by atoms with Crippen molar-refractivity contribution in [2.24, 2.45) is 0 Å². The largest absolute Gasteiger partial charge is 0.480 e. The Balaban J connectivity index is 1.96. The number of aliphatic hydroxyl groups is 1. The number of hydrogen-bond acceptors (Lipinski definition) is 11. The summed E-state index contributed by atoms with van der Waals surface area (Å²) in [5.74, 6) is -2.97. The number of carboxylic acid groups (broad SMARTS) is 3. The van der Waals surface area contributed by atoms with E-state index in [9.17, 15) is 34.8 Å². The lowest BCUT2D eigenvalue weighted by Gasteiger charge is -2.33. The second-order valence-corrected chi connectivity index (χ2v) is 9.34. The van der Waals surface area contributed by atoms with E-state index >= 15 is 0 Å². The lowest BCUT2D eigenvalue weighted by atomic mass is 10.2. The molecular weight excluding hydrogens is 500 g/mol. The standard InChI is InChI=1S/C24H40N6O8/c25-20-3-1-19(2-4-20)18-38-26-13-21(31)14-27-5-7-28(15-22(32)33)9-11-30(17-24(36)37)12-10-29(8-6-27)16-23(34)35/h1-4,21,26,31H,5-18,25H2,(H,32,33)(H,34,35)(H,36,37). The van der Waals surface area contributed by atoms with Crippen molar-refractivity contribution in [2.45, 2.75) is 12.7 Å². The van der Waals surface area contributed by atoms with Gasteiger partial charge in [0.15, 0.2) is 0 Å². The lowest BCUT2D eigenvalue weighted by molar-refractivity contribution is -0.140. The molecular formula is C24H40N6O8. The van der Waals surface area contributed by atoms with E-state index < -0.39 is 24.0 Å². The summed E-state index contributed by atoms with van der Waals surface area (Å²) >= 11 is 0. The van der Waals surface area contributed by atoms with Crippen molar-refractivity contribution < 1.29 is 39.6 Å². The molecule has 14 nitrogen and oxygen atoms in total. The number of nitrogens with zero attached hydrogens (tertiary/aromatic N) is 4. The average molecular weight is 541 g/mol. The molecule has 0 spiro atoms. The van der Waals surface area contributed by atoms with Crippen molar-refractivity contribution in [3.05, 3.63) is 29.8 Å². The van der Waals surface area contributed by atoms with Crippen LogP contribution < -0.4 is 11.2 Å². The van der Waals surface area contributed by atoms with Crippen LogP contribution in [0.1, 0.15) is 5.56 Å². The van der Waals surface area contributed by atoms with E-state index in [4.69, 9.17) is 10.6 Å². The maximum Gasteiger partial charge on any atom is 0.317 e. The van der Waals surface area contributed by atoms with Crippen molar-refractivity contribution in [3.63, 3.8) is 0 Å². The molecule has 1 aliphatic heterocycles. The molecule has 0 aliphatic carbocycles. The maximum atomic E-state index is 11.4. The van der Waals surface area contributed by atoms with Crippen molar-refractivity contribution in [1.82, 2.24) is 25.1 Å². The van der Waals surface area contributed by atoms with Gasteiger partial charge in [-0.05, 0) is 17.7 Å². The monoisotopic (exact) mass is 540 g/mol. The van der Waals surface area contributed by atoms with Gasteiger partial charge in [-0.2, -0.15) is 5.48 Å². The van der Waals surface area contributed by atoms with Crippen molar-refractivity contribution >= 4 is 23.6 Å². The fourth-order valence-corrected chi connectivity index (χ4v) is 4.08. The van der Waals surface area contributed by atoms with Gasteiger partial charge in [0.25, 0.3) is 0 Å². The number of β-amino-alcohol motifs (C(OH)–C–C–N with tert-alkyl or cyclic N) is 1. The predicted molar refractivity (Wildman–Crippen MR) is 138 cm³/mol. The minimum Gasteiger partial charge on any atom is -0.480 e. The van der Waals surface area contributed by atoms with Crippen LogP contribution in [0.4, 0.5) is 5.69 Å². The third kappa shape index (κ3) is 13.6. The summed E-state index contributed by atoms with van der Waals surface area (Å²) in [6.45, 7) is 3.14. The van der Waals surface area contributed by atoms with E-state index in [1.165, 1.54) is 0 Å². The molecule has 1 aliphatic rings. The molecule has 0 amide bonds. The number of anilines is 1. The van der Waals surface area contributed by atoms with Gasteiger partial charge in [-0.15, -0.1) is 0 Å². The molecule has 1 aromatic carbocycles. The predicted octanol–water partition coefficient (Wildman–Crippen LogP) is -1.87. The molecule has 0 aromatic heterocycles. The second-order valence-electron chi connectivity index (χ2n) is 9.34. The first-order valence-electron chi connectivity index (χ1n) is 12.5. The van der Waals surface area contributed by atoms with Crippen LogP contribution in [0, 0.1) is 0 Å². The molecule has 14 heteroatoms. The Kier molecular flexibility index (Phi) is 13.9. The minimum atomic E-state index is -1.00. The van der Waals surface area contributed by atoms with Gasteiger partial charge in [-0.1, -0.05) is 12.1 Å². The van der Waals surface area contributed by atoms with Gasteiger partial charge < -0.3 is 26.2 Å². The third-order valence-corrected chi connectivity index (χ3v) is 6.11. The summed E-state index contributed by atoms with van der Waals surface area (Å²) in [6.07, 6.45) is -0.791. The van der Waals surface area contributed by atoms with E-state index in [2.05, 4.69) is 5.48 Å². The lowest BCUT2D eigenvalue weighted by Crippen LogP contribution is -2.50. The van der Waals surface area contributed by atoms with Crippen molar-refractivity contribution in [2.75, 3.05) is 90.8 Å². The van der Waals surface area contributed by atoms with Gasteiger partial charge in [0, 0.05) is 71.1 Å². The van der Waals surface area contributed by atoms with Crippen LogP contribution in [-0.2, 0) is 25.8 Å². The van der Waals surface area contributed by atoms with E-state index in [1.54, 1.807) is 26.8 Å². The zero-order chi connectivity index (χ0) is 27.9. The van der Waals surface area contributed by atoms with Crippen LogP contribution in [0.2, 0.25) is 0 Å². The Morgan fingerprint density at radius 1 is 0.763 bits per heavy atom. The highest BCUT2D eigenvalue weighted by atomic mass is 16.6. The van der Waals surface area contributed by atoms with E-state index in [-0.39, 0.29) is 32.7 Å². The molecule has 214 valence electrons. The molecule has 38 heavy (non-hydrogen) atoms. The molecule has 0 radical (unpaired) electrons. The fourth-order valence-electron chi connectivity index (χ4n) is 4.08. The van der Waals surface area contributed by atoms with E-state index in [0.717, 1.165) is 5.56 Å². The van der Waals surface area contributed by atoms with Gasteiger partial charge in [-0.3, -0.25) is 38.8 Å². The molecule has 1 fully saturated rings. The zero-order valence-electron chi connectivity index (χ0n) is 21.6. The molecule has 1 saturated heterocycles.